The Morgan fingerprint density at radius 2 is 2.04 bits per heavy atom. The van der Waals surface area contributed by atoms with Crippen LogP contribution in [0.4, 0.5) is 5.69 Å². The zero-order valence-electron chi connectivity index (χ0n) is 14.3. The number of piperidine rings is 1. The Kier molecular flexibility index (Phi) is 7.86. The van der Waals surface area contributed by atoms with Crippen molar-refractivity contribution >= 4 is 35.8 Å². The van der Waals surface area contributed by atoms with Gasteiger partial charge in [0, 0.05) is 24.2 Å². The molecule has 0 bridgehead atoms. The van der Waals surface area contributed by atoms with E-state index in [0.29, 0.717) is 11.3 Å². The van der Waals surface area contributed by atoms with Crippen molar-refractivity contribution < 1.29 is 14.4 Å². The van der Waals surface area contributed by atoms with Crippen LogP contribution in [-0.4, -0.2) is 36.3 Å². The molecule has 0 radical (unpaired) electrons. The lowest BCUT2D eigenvalue weighted by Crippen LogP contribution is -2.54. The average Bonchev–Trinajstić information content (AvgIpc) is 2.55. The van der Waals surface area contributed by atoms with Gasteiger partial charge in [0.1, 0.15) is 0 Å². The van der Waals surface area contributed by atoms with E-state index in [9.17, 15) is 14.4 Å². The molecule has 138 valence electrons. The summed E-state index contributed by atoms with van der Waals surface area (Å²) in [6, 6.07) is 6.71. The van der Waals surface area contributed by atoms with Gasteiger partial charge in [0.15, 0.2) is 0 Å². The summed E-state index contributed by atoms with van der Waals surface area (Å²) in [5.41, 5.74) is 5.43. The number of nitrogens with two attached hydrogens (primary N) is 1. The minimum atomic E-state index is -0.585. The molecule has 1 aromatic rings. The van der Waals surface area contributed by atoms with Crippen molar-refractivity contribution in [2.45, 2.75) is 38.1 Å². The molecule has 2 rings (SSSR count). The number of nitrogens with one attached hydrogen (secondary N) is 3. The third kappa shape index (κ3) is 6.03. The monoisotopic (exact) mass is 368 g/mol. The molecule has 3 amide bonds. The van der Waals surface area contributed by atoms with Crippen LogP contribution in [0.2, 0.25) is 0 Å². The summed E-state index contributed by atoms with van der Waals surface area (Å²) in [6.45, 7) is 2.90. The fraction of sp³-hybridized carbons (Fsp3) is 0.471. The maximum Gasteiger partial charge on any atom is 0.251 e. The average molecular weight is 369 g/mol. The minimum absolute atomic E-state index is 0. The van der Waals surface area contributed by atoms with E-state index in [2.05, 4.69) is 16.0 Å². The van der Waals surface area contributed by atoms with Crippen LogP contribution < -0.4 is 21.7 Å². The van der Waals surface area contributed by atoms with Gasteiger partial charge in [0.05, 0.1) is 5.54 Å². The number of hydrogen-bond acceptors (Lipinski definition) is 4. The van der Waals surface area contributed by atoms with Crippen LogP contribution in [-0.2, 0) is 9.59 Å². The first-order valence-electron chi connectivity index (χ1n) is 8.14. The van der Waals surface area contributed by atoms with Crippen LogP contribution in [0.25, 0.3) is 0 Å². The van der Waals surface area contributed by atoms with E-state index >= 15 is 0 Å². The number of carbonyl (C=O) groups excluding carboxylic acids is 3. The lowest BCUT2D eigenvalue weighted by Gasteiger charge is -2.33. The first kappa shape index (κ1) is 20.9. The van der Waals surface area contributed by atoms with E-state index in [1.54, 1.807) is 24.3 Å². The van der Waals surface area contributed by atoms with Crippen molar-refractivity contribution in [1.82, 2.24) is 10.6 Å². The fourth-order valence-electron chi connectivity index (χ4n) is 2.66. The van der Waals surface area contributed by atoms with E-state index < -0.39 is 11.4 Å². The van der Waals surface area contributed by atoms with Crippen molar-refractivity contribution in [2.75, 3.05) is 18.4 Å². The van der Waals surface area contributed by atoms with Gasteiger partial charge in [-0.1, -0.05) is 6.07 Å². The molecule has 0 spiro atoms. The second-order valence-electron chi connectivity index (χ2n) is 6.22. The molecule has 5 N–H and O–H groups in total. The van der Waals surface area contributed by atoms with Crippen molar-refractivity contribution in [1.29, 1.82) is 0 Å². The smallest absolute Gasteiger partial charge is 0.251 e. The summed E-state index contributed by atoms with van der Waals surface area (Å²) in [6.07, 6.45) is 2.96. The lowest BCUT2D eigenvalue weighted by molar-refractivity contribution is -0.122. The summed E-state index contributed by atoms with van der Waals surface area (Å²) in [5, 5.41) is 8.74. The second kappa shape index (κ2) is 9.39. The largest absolute Gasteiger partial charge is 0.370 e. The summed E-state index contributed by atoms with van der Waals surface area (Å²) in [7, 11) is 0. The van der Waals surface area contributed by atoms with Crippen molar-refractivity contribution in [2.24, 2.45) is 5.73 Å². The molecule has 0 saturated carbocycles. The molecule has 1 aromatic carbocycles. The Labute approximate surface area is 153 Å². The quantitative estimate of drug-likeness (QED) is 0.603. The molecule has 0 aromatic heterocycles. The number of anilines is 1. The Bertz CT molecular complexity index is 630. The molecule has 1 heterocycles. The molecule has 1 unspecified atom stereocenters. The summed E-state index contributed by atoms with van der Waals surface area (Å²) in [4.78, 5) is 35.2. The van der Waals surface area contributed by atoms with Gasteiger partial charge in [0.25, 0.3) is 5.91 Å². The van der Waals surface area contributed by atoms with Crippen LogP contribution in [0.15, 0.2) is 24.3 Å². The zero-order valence-corrected chi connectivity index (χ0v) is 15.1. The van der Waals surface area contributed by atoms with Crippen molar-refractivity contribution in [3.05, 3.63) is 29.8 Å². The highest BCUT2D eigenvalue weighted by Crippen LogP contribution is 2.21. The van der Waals surface area contributed by atoms with Crippen molar-refractivity contribution in [3.8, 4) is 0 Å². The molecule has 1 aliphatic heterocycles. The third-order valence-electron chi connectivity index (χ3n) is 4.16. The van der Waals surface area contributed by atoms with E-state index in [1.807, 2.05) is 6.92 Å². The van der Waals surface area contributed by atoms with Gasteiger partial charge in [0.2, 0.25) is 11.8 Å². The van der Waals surface area contributed by atoms with Gasteiger partial charge in [-0.05, 0) is 50.9 Å². The number of rotatable bonds is 6. The number of hydrogen-bond donors (Lipinski definition) is 4. The van der Waals surface area contributed by atoms with Crippen LogP contribution in [0.5, 0.6) is 0 Å². The van der Waals surface area contributed by atoms with Crippen molar-refractivity contribution in [3.63, 3.8) is 0 Å². The molecular formula is C17H25ClN4O3. The lowest BCUT2D eigenvalue weighted by atomic mass is 9.90. The molecule has 25 heavy (non-hydrogen) atoms. The first-order valence-corrected chi connectivity index (χ1v) is 8.14. The van der Waals surface area contributed by atoms with Gasteiger partial charge in [-0.3, -0.25) is 14.4 Å². The molecule has 1 aliphatic rings. The van der Waals surface area contributed by atoms with E-state index in [-0.39, 0.29) is 37.2 Å². The van der Waals surface area contributed by atoms with Crippen LogP contribution in [0, 0.1) is 0 Å². The molecular weight excluding hydrogens is 344 g/mol. The number of primary amides is 1. The van der Waals surface area contributed by atoms with E-state index in [1.165, 1.54) is 0 Å². The summed E-state index contributed by atoms with van der Waals surface area (Å²) >= 11 is 0. The SMILES string of the molecule is CC1(C(=O)Nc2cccc(C(=O)NCCC(N)=O)c2)CCCCN1.Cl. The van der Waals surface area contributed by atoms with E-state index in [4.69, 9.17) is 5.73 Å². The van der Waals surface area contributed by atoms with Gasteiger partial charge >= 0.3 is 0 Å². The van der Waals surface area contributed by atoms with Gasteiger partial charge < -0.3 is 21.7 Å². The highest BCUT2D eigenvalue weighted by Gasteiger charge is 2.34. The minimum Gasteiger partial charge on any atom is -0.370 e. The Hall–Kier alpha value is -2.12. The first-order chi connectivity index (χ1) is 11.4. The highest BCUT2D eigenvalue weighted by atomic mass is 35.5. The van der Waals surface area contributed by atoms with E-state index in [0.717, 1.165) is 25.8 Å². The normalized spacial score (nSPS) is 19.4. The van der Waals surface area contributed by atoms with Crippen LogP contribution in [0.1, 0.15) is 43.0 Å². The summed E-state index contributed by atoms with van der Waals surface area (Å²) in [5.74, 6) is -0.882. The number of benzene rings is 1. The second-order valence-corrected chi connectivity index (χ2v) is 6.22. The Balaban J connectivity index is 0.00000312. The van der Waals surface area contributed by atoms with Gasteiger partial charge in [-0.15, -0.1) is 12.4 Å². The van der Waals surface area contributed by atoms with Gasteiger partial charge in [-0.25, -0.2) is 0 Å². The van der Waals surface area contributed by atoms with Crippen LogP contribution >= 0.6 is 12.4 Å². The maximum atomic E-state index is 12.5. The summed E-state index contributed by atoms with van der Waals surface area (Å²) < 4.78 is 0. The Morgan fingerprint density at radius 3 is 2.68 bits per heavy atom. The number of halogens is 1. The predicted octanol–water partition coefficient (Wildman–Crippen LogP) is 1.18. The zero-order chi connectivity index (χ0) is 17.6. The predicted molar refractivity (Wildman–Crippen MR) is 98.7 cm³/mol. The third-order valence-corrected chi connectivity index (χ3v) is 4.16. The van der Waals surface area contributed by atoms with Gasteiger partial charge in [-0.2, -0.15) is 0 Å². The molecule has 0 aliphatic carbocycles. The molecule has 8 heteroatoms. The number of carbonyl (C=O) groups is 3. The molecule has 1 fully saturated rings. The fourth-order valence-corrected chi connectivity index (χ4v) is 2.66. The topological polar surface area (TPSA) is 113 Å². The Morgan fingerprint density at radius 1 is 1.28 bits per heavy atom. The molecule has 7 nitrogen and oxygen atoms in total. The maximum absolute atomic E-state index is 12.5. The number of amides is 3. The highest BCUT2D eigenvalue weighted by molar-refractivity contribution is 6.00. The molecule has 1 saturated heterocycles. The molecule has 1 atom stereocenters. The standard InChI is InChI=1S/C17H24N4O3.ClH/c1-17(8-2-3-9-20-17)16(24)21-13-6-4-5-12(11-13)15(23)19-10-7-14(18)22;/h4-6,11,20H,2-3,7-10H2,1H3,(H2,18,22)(H,19,23)(H,21,24);1H. The van der Waals surface area contributed by atoms with Crippen LogP contribution in [0.3, 0.4) is 0 Å².